The summed E-state index contributed by atoms with van der Waals surface area (Å²) in [6.07, 6.45) is 2.86. The number of anilines is 1. The van der Waals surface area contributed by atoms with Crippen LogP contribution in [0.5, 0.6) is 0 Å². The van der Waals surface area contributed by atoms with Crippen LogP contribution in [0.25, 0.3) is 11.5 Å². The van der Waals surface area contributed by atoms with Gasteiger partial charge in [-0.05, 0) is 30.5 Å². The van der Waals surface area contributed by atoms with E-state index >= 15 is 0 Å². The summed E-state index contributed by atoms with van der Waals surface area (Å²) in [6, 6.07) is 6.16. The minimum absolute atomic E-state index is 0.603. The molecular formula is C14H17N3O2. The van der Waals surface area contributed by atoms with Gasteiger partial charge in [0.2, 0.25) is 0 Å². The van der Waals surface area contributed by atoms with E-state index in [1.54, 1.807) is 7.11 Å². The van der Waals surface area contributed by atoms with Gasteiger partial charge < -0.3 is 14.6 Å². The van der Waals surface area contributed by atoms with Crippen molar-refractivity contribution < 1.29 is 9.26 Å². The Hall–Kier alpha value is -1.88. The van der Waals surface area contributed by atoms with Crippen LogP contribution in [-0.4, -0.2) is 30.4 Å². The number of fused-ring (bicyclic) bond motifs is 1. The predicted octanol–water partition coefficient (Wildman–Crippen LogP) is 2.28. The zero-order valence-electron chi connectivity index (χ0n) is 11.0. The first kappa shape index (κ1) is 12.2. The molecule has 1 aliphatic heterocycles. The lowest BCUT2D eigenvalue weighted by Crippen LogP contribution is -2.12. The van der Waals surface area contributed by atoms with Gasteiger partial charge in [-0.2, -0.15) is 4.98 Å². The third-order valence-corrected chi connectivity index (χ3v) is 3.32. The van der Waals surface area contributed by atoms with E-state index in [1.807, 2.05) is 12.1 Å². The average molecular weight is 259 g/mol. The van der Waals surface area contributed by atoms with E-state index in [9.17, 15) is 0 Å². The minimum Gasteiger partial charge on any atom is -0.385 e. The van der Waals surface area contributed by atoms with Crippen LogP contribution < -0.4 is 5.32 Å². The van der Waals surface area contributed by atoms with Crippen LogP contribution in [0.2, 0.25) is 0 Å². The summed E-state index contributed by atoms with van der Waals surface area (Å²) >= 11 is 0. The molecule has 0 spiro atoms. The molecule has 1 aromatic carbocycles. The quantitative estimate of drug-likeness (QED) is 0.912. The maximum atomic E-state index is 5.37. The first-order chi connectivity index (χ1) is 9.38. The number of benzene rings is 1. The molecule has 5 heteroatoms. The van der Waals surface area contributed by atoms with E-state index < -0.39 is 0 Å². The number of hydrogen-bond acceptors (Lipinski definition) is 5. The van der Waals surface area contributed by atoms with Crippen LogP contribution >= 0.6 is 0 Å². The highest BCUT2D eigenvalue weighted by atomic mass is 16.5. The first-order valence-electron chi connectivity index (χ1n) is 6.56. The lowest BCUT2D eigenvalue weighted by atomic mass is 9.97. The molecule has 1 N–H and O–H groups in total. The second-order valence-electron chi connectivity index (χ2n) is 4.62. The highest BCUT2D eigenvalue weighted by molar-refractivity contribution is 5.69. The Labute approximate surface area is 112 Å². The second kappa shape index (κ2) is 5.40. The zero-order chi connectivity index (χ0) is 13.1. The lowest BCUT2D eigenvalue weighted by molar-refractivity contribution is 0.199. The summed E-state index contributed by atoms with van der Waals surface area (Å²) in [7, 11) is 1.67. The van der Waals surface area contributed by atoms with Crippen LogP contribution in [0.4, 0.5) is 5.69 Å². The van der Waals surface area contributed by atoms with Gasteiger partial charge in [0, 0.05) is 31.3 Å². The van der Waals surface area contributed by atoms with Gasteiger partial charge in [0.15, 0.2) is 5.82 Å². The van der Waals surface area contributed by atoms with E-state index in [1.165, 1.54) is 11.3 Å². The van der Waals surface area contributed by atoms with Crippen LogP contribution in [-0.2, 0) is 17.6 Å². The van der Waals surface area contributed by atoms with Crippen molar-refractivity contribution in [3.63, 3.8) is 0 Å². The Morgan fingerprint density at radius 1 is 1.42 bits per heavy atom. The minimum atomic E-state index is 0.603. The highest BCUT2D eigenvalue weighted by Gasteiger charge is 2.17. The normalized spacial score (nSPS) is 13.9. The van der Waals surface area contributed by atoms with E-state index in [0.29, 0.717) is 24.7 Å². The Morgan fingerprint density at radius 2 is 2.37 bits per heavy atom. The first-order valence-corrected chi connectivity index (χ1v) is 6.56. The van der Waals surface area contributed by atoms with Crippen LogP contribution in [0.1, 0.15) is 17.8 Å². The molecule has 19 heavy (non-hydrogen) atoms. The molecule has 3 rings (SSSR count). The number of nitrogens with zero attached hydrogens (tertiary/aromatic N) is 2. The summed E-state index contributed by atoms with van der Waals surface area (Å²) in [5.74, 6) is 1.30. The Kier molecular flexibility index (Phi) is 3.46. The van der Waals surface area contributed by atoms with Gasteiger partial charge in [-0.25, -0.2) is 0 Å². The number of ether oxygens (including phenoxy) is 1. The molecule has 2 heterocycles. The van der Waals surface area contributed by atoms with Gasteiger partial charge in [-0.3, -0.25) is 0 Å². The largest absolute Gasteiger partial charge is 0.385 e. The van der Waals surface area contributed by atoms with Crippen molar-refractivity contribution in [2.75, 3.05) is 25.6 Å². The lowest BCUT2D eigenvalue weighted by Gasteiger charge is -2.19. The topological polar surface area (TPSA) is 60.2 Å². The van der Waals surface area contributed by atoms with Gasteiger partial charge in [-0.15, -0.1) is 0 Å². The van der Waals surface area contributed by atoms with Gasteiger partial charge in [0.05, 0.1) is 6.61 Å². The Bertz CT molecular complexity index is 566. The highest BCUT2D eigenvalue weighted by Crippen LogP contribution is 2.31. The molecule has 0 saturated carbocycles. The molecule has 2 aromatic rings. The van der Waals surface area contributed by atoms with E-state index in [2.05, 4.69) is 21.5 Å². The van der Waals surface area contributed by atoms with E-state index in [4.69, 9.17) is 9.26 Å². The third kappa shape index (κ3) is 2.46. The number of hydrogen-bond donors (Lipinski definition) is 1. The molecule has 0 fully saturated rings. The van der Waals surface area contributed by atoms with Crippen molar-refractivity contribution in [2.45, 2.75) is 19.3 Å². The van der Waals surface area contributed by atoms with E-state index in [-0.39, 0.29) is 0 Å². The Balaban J connectivity index is 1.91. The number of methoxy groups -OCH3 is 1. The fourth-order valence-electron chi connectivity index (χ4n) is 2.37. The van der Waals surface area contributed by atoms with Crippen LogP contribution in [0, 0.1) is 0 Å². The Morgan fingerprint density at radius 3 is 3.26 bits per heavy atom. The third-order valence-electron chi connectivity index (χ3n) is 3.32. The number of rotatable bonds is 4. The van der Waals surface area contributed by atoms with Gasteiger partial charge in [-0.1, -0.05) is 11.2 Å². The molecule has 5 nitrogen and oxygen atoms in total. The smallest absolute Gasteiger partial charge is 0.258 e. The molecule has 1 aliphatic rings. The van der Waals surface area contributed by atoms with Gasteiger partial charge in [0.25, 0.3) is 5.89 Å². The SMILES string of the molecule is COCCc1noc(-c2cccc3c2CCCN3)n1. The van der Waals surface area contributed by atoms with Crippen LogP contribution in [0.15, 0.2) is 22.7 Å². The zero-order valence-corrected chi connectivity index (χ0v) is 11.0. The summed E-state index contributed by atoms with van der Waals surface area (Å²) in [5, 5.41) is 7.40. The fraction of sp³-hybridized carbons (Fsp3) is 0.429. The van der Waals surface area contributed by atoms with Crippen molar-refractivity contribution in [1.82, 2.24) is 10.1 Å². The number of aromatic nitrogens is 2. The number of nitrogens with one attached hydrogen (secondary N) is 1. The maximum Gasteiger partial charge on any atom is 0.258 e. The monoisotopic (exact) mass is 259 g/mol. The van der Waals surface area contributed by atoms with E-state index in [0.717, 1.165) is 24.9 Å². The summed E-state index contributed by atoms with van der Waals surface area (Å²) in [4.78, 5) is 4.44. The molecule has 0 atom stereocenters. The maximum absolute atomic E-state index is 5.37. The average Bonchev–Trinajstić information content (AvgIpc) is 2.93. The van der Waals surface area contributed by atoms with Crippen molar-refractivity contribution in [2.24, 2.45) is 0 Å². The molecular weight excluding hydrogens is 242 g/mol. The molecule has 0 saturated heterocycles. The van der Waals surface area contributed by atoms with Crippen molar-refractivity contribution in [1.29, 1.82) is 0 Å². The summed E-state index contributed by atoms with van der Waals surface area (Å²) in [6.45, 7) is 1.63. The molecule has 0 bridgehead atoms. The standard InChI is InChI=1S/C14H17N3O2/c1-18-9-7-13-16-14(19-17-13)11-4-2-6-12-10(11)5-3-8-15-12/h2,4,6,15H,3,5,7-9H2,1H3. The molecule has 0 aliphatic carbocycles. The molecule has 0 unspecified atom stereocenters. The summed E-state index contributed by atoms with van der Waals surface area (Å²) in [5.41, 5.74) is 3.50. The van der Waals surface area contributed by atoms with Crippen molar-refractivity contribution in [3.05, 3.63) is 29.6 Å². The molecule has 100 valence electrons. The van der Waals surface area contributed by atoms with Crippen molar-refractivity contribution >= 4 is 5.69 Å². The fourth-order valence-corrected chi connectivity index (χ4v) is 2.37. The molecule has 0 amide bonds. The molecule has 1 aromatic heterocycles. The summed E-state index contributed by atoms with van der Waals surface area (Å²) < 4.78 is 10.4. The predicted molar refractivity (Wildman–Crippen MR) is 72.1 cm³/mol. The van der Waals surface area contributed by atoms with Gasteiger partial charge in [0.1, 0.15) is 0 Å². The second-order valence-corrected chi connectivity index (χ2v) is 4.62. The van der Waals surface area contributed by atoms with Gasteiger partial charge >= 0.3 is 0 Å². The van der Waals surface area contributed by atoms with Crippen molar-refractivity contribution in [3.8, 4) is 11.5 Å². The molecule has 0 radical (unpaired) electrons. The van der Waals surface area contributed by atoms with Crippen LogP contribution in [0.3, 0.4) is 0 Å².